The summed E-state index contributed by atoms with van der Waals surface area (Å²) < 4.78 is 4.67. The van der Waals surface area contributed by atoms with Gasteiger partial charge >= 0.3 is 0 Å². The van der Waals surface area contributed by atoms with E-state index >= 15 is 0 Å². The molecule has 0 aliphatic carbocycles. The van der Waals surface area contributed by atoms with Crippen LogP contribution >= 0.6 is 0 Å². The zero-order valence-corrected chi connectivity index (χ0v) is 16.4. The van der Waals surface area contributed by atoms with Crippen molar-refractivity contribution in [2.24, 2.45) is 5.92 Å². The van der Waals surface area contributed by atoms with E-state index in [-0.39, 0.29) is 24.2 Å². The SMILES string of the molecule is Cc1nonc1CC(=O)N1CCC[C@H](CNC(=O)c2cccc3ccccc23)C1. The molecule has 150 valence electrons. The fourth-order valence-electron chi connectivity index (χ4n) is 3.88. The van der Waals surface area contributed by atoms with Gasteiger partial charge in [0.05, 0.1) is 6.42 Å². The Kier molecular flexibility index (Phi) is 5.55. The maximum absolute atomic E-state index is 12.7. The maximum atomic E-state index is 12.7. The lowest BCUT2D eigenvalue weighted by molar-refractivity contribution is -0.132. The molecule has 1 fully saturated rings. The van der Waals surface area contributed by atoms with Crippen LogP contribution in [0, 0.1) is 12.8 Å². The monoisotopic (exact) mass is 392 g/mol. The normalized spacial score (nSPS) is 16.7. The third kappa shape index (κ3) is 4.29. The average molecular weight is 392 g/mol. The van der Waals surface area contributed by atoms with E-state index in [4.69, 9.17) is 0 Å². The highest BCUT2D eigenvalue weighted by atomic mass is 16.6. The minimum absolute atomic E-state index is 0.0221. The number of carbonyl (C=O) groups is 2. The molecule has 1 N–H and O–H groups in total. The van der Waals surface area contributed by atoms with Crippen molar-refractivity contribution >= 4 is 22.6 Å². The number of carbonyl (C=O) groups excluding carboxylic acids is 2. The van der Waals surface area contributed by atoms with Gasteiger partial charge in [-0.1, -0.05) is 46.7 Å². The number of hydrogen-bond acceptors (Lipinski definition) is 5. The van der Waals surface area contributed by atoms with Crippen molar-refractivity contribution in [2.45, 2.75) is 26.2 Å². The fraction of sp³-hybridized carbons (Fsp3) is 0.364. The second-order valence-electron chi connectivity index (χ2n) is 7.56. The molecule has 0 unspecified atom stereocenters. The van der Waals surface area contributed by atoms with Crippen molar-refractivity contribution in [2.75, 3.05) is 19.6 Å². The predicted molar refractivity (Wildman–Crippen MR) is 108 cm³/mol. The first-order chi connectivity index (χ1) is 14.1. The second kappa shape index (κ2) is 8.43. The van der Waals surface area contributed by atoms with Crippen LogP contribution in [0.5, 0.6) is 0 Å². The van der Waals surface area contributed by atoms with E-state index in [0.29, 0.717) is 30.0 Å². The number of amides is 2. The number of piperidine rings is 1. The van der Waals surface area contributed by atoms with Crippen LogP contribution in [-0.2, 0) is 11.2 Å². The van der Waals surface area contributed by atoms with E-state index in [1.807, 2.05) is 47.4 Å². The largest absolute Gasteiger partial charge is 0.352 e. The maximum Gasteiger partial charge on any atom is 0.251 e. The first-order valence-corrected chi connectivity index (χ1v) is 9.93. The standard InChI is InChI=1S/C22H24N4O3/c1-15-20(25-29-24-15)12-21(27)26-11-5-6-16(14-26)13-23-22(28)19-10-4-8-17-7-2-3-9-18(17)19/h2-4,7-10,16H,5-6,11-14H2,1H3,(H,23,28)/t16-/m1/s1. The minimum Gasteiger partial charge on any atom is -0.352 e. The van der Waals surface area contributed by atoms with Gasteiger partial charge in [-0.25, -0.2) is 4.63 Å². The van der Waals surface area contributed by atoms with E-state index in [1.165, 1.54) is 0 Å². The van der Waals surface area contributed by atoms with E-state index in [1.54, 1.807) is 6.92 Å². The first-order valence-electron chi connectivity index (χ1n) is 9.93. The van der Waals surface area contributed by atoms with Gasteiger partial charge in [0.1, 0.15) is 11.4 Å². The van der Waals surface area contributed by atoms with Crippen LogP contribution in [0.25, 0.3) is 10.8 Å². The number of rotatable bonds is 5. The smallest absolute Gasteiger partial charge is 0.251 e. The summed E-state index contributed by atoms with van der Waals surface area (Å²) in [6, 6.07) is 13.6. The third-order valence-corrected chi connectivity index (χ3v) is 5.52. The predicted octanol–water partition coefficient (Wildman–Crippen LogP) is 2.74. The topological polar surface area (TPSA) is 88.3 Å². The van der Waals surface area contributed by atoms with Gasteiger partial charge in [-0.3, -0.25) is 9.59 Å². The van der Waals surface area contributed by atoms with Crippen molar-refractivity contribution in [1.82, 2.24) is 20.5 Å². The molecular formula is C22H24N4O3. The summed E-state index contributed by atoms with van der Waals surface area (Å²) in [5.41, 5.74) is 1.91. The Morgan fingerprint density at radius 1 is 1.17 bits per heavy atom. The van der Waals surface area contributed by atoms with Gasteiger partial charge in [-0.05, 0) is 42.5 Å². The van der Waals surface area contributed by atoms with Crippen molar-refractivity contribution in [3.63, 3.8) is 0 Å². The number of aromatic nitrogens is 2. The molecule has 3 aromatic rings. The molecule has 1 saturated heterocycles. The molecule has 1 aromatic heterocycles. The van der Waals surface area contributed by atoms with Gasteiger partial charge in [0.25, 0.3) is 5.91 Å². The van der Waals surface area contributed by atoms with Crippen LogP contribution in [-0.4, -0.2) is 46.7 Å². The average Bonchev–Trinajstić information content (AvgIpc) is 3.16. The summed E-state index contributed by atoms with van der Waals surface area (Å²) >= 11 is 0. The Morgan fingerprint density at radius 3 is 2.83 bits per heavy atom. The molecule has 0 radical (unpaired) electrons. The summed E-state index contributed by atoms with van der Waals surface area (Å²) in [4.78, 5) is 27.2. The van der Waals surface area contributed by atoms with Gasteiger partial charge < -0.3 is 10.2 Å². The van der Waals surface area contributed by atoms with E-state index < -0.39 is 0 Å². The Labute approximate surface area is 169 Å². The summed E-state index contributed by atoms with van der Waals surface area (Å²) in [5, 5.41) is 12.6. The van der Waals surface area contributed by atoms with Gasteiger partial charge in [0, 0.05) is 25.2 Å². The summed E-state index contributed by atoms with van der Waals surface area (Å²) in [6.45, 7) is 3.70. The summed E-state index contributed by atoms with van der Waals surface area (Å²) in [6.07, 6.45) is 2.12. The van der Waals surface area contributed by atoms with Crippen LogP contribution in [0.4, 0.5) is 0 Å². The molecule has 29 heavy (non-hydrogen) atoms. The minimum atomic E-state index is -0.0745. The van der Waals surface area contributed by atoms with Crippen molar-refractivity contribution in [3.05, 3.63) is 59.4 Å². The third-order valence-electron chi connectivity index (χ3n) is 5.52. The van der Waals surface area contributed by atoms with Crippen molar-refractivity contribution < 1.29 is 14.2 Å². The van der Waals surface area contributed by atoms with Crippen LogP contribution in [0.3, 0.4) is 0 Å². The van der Waals surface area contributed by atoms with Crippen LogP contribution < -0.4 is 5.32 Å². The Hall–Kier alpha value is -3.22. The molecule has 2 heterocycles. The molecule has 1 aliphatic heterocycles. The highest BCUT2D eigenvalue weighted by molar-refractivity contribution is 6.07. The van der Waals surface area contributed by atoms with E-state index in [0.717, 1.165) is 30.2 Å². The summed E-state index contributed by atoms with van der Waals surface area (Å²) in [7, 11) is 0. The molecular weight excluding hydrogens is 368 g/mol. The number of hydrogen-bond donors (Lipinski definition) is 1. The van der Waals surface area contributed by atoms with Gasteiger partial charge in [-0.2, -0.15) is 0 Å². The molecule has 1 aliphatic rings. The van der Waals surface area contributed by atoms with Gasteiger partial charge in [0.15, 0.2) is 0 Å². The molecule has 4 rings (SSSR count). The lowest BCUT2D eigenvalue weighted by Gasteiger charge is -2.32. The Balaban J connectivity index is 1.35. The molecule has 2 aromatic carbocycles. The van der Waals surface area contributed by atoms with Crippen LogP contribution in [0.1, 0.15) is 34.6 Å². The van der Waals surface area contributed by atoms with Crippen molar-refractivity contribution in [3.8, 4) is 0 Å². The zero-order valence-electron chi connectivity index (χ0n) is 16.4. The van der Waals surface area contributed by atoms with E-state index in [9.17, 15) is 9.59 Å². The number of benzene rings is 2. The molecule has 0 saturated carbocycles. The first kappa shape index (κ1) is 19.1. The number of aryl methyl sites for hydroxylation is 1. The second-order valence-corrected chi connectivity index (χ2v) is 7.56. The number of nitrogens with one attached hydrogen (secondary N) is 1. The molecule has 0 bridgehead atoms. The molecule has 1 atom stereocenters. The molecule has 7 heteroatoms. The van der Waals surface area contributed by atoms with Gasteiger partial charge in [-0.15, -0.1) is 0 Å². The van der Waals surface area contributed by atoms with E-state index in [2.05, 4.69) is 20.3 Å². The molecule has 2 amide bonds. The number of fused-ring (bicyclic) bond motifs is 1. The summed E-state index contributed by atoms with van der Waals surface area (Å²) in [5.74, 6) is 0.187. The molecule has 7 nitrogen and oxygen atoms in total. The lowest BCUT2D eigenvalue weighted by Crippen LogP contribution is -2.44. The molecule has 0 spiro atoms. The van der Waals surface area contributed by atoms with Crippen LogP contribution in [0.15, 0.2) is 47.1 Å². The highest BCUT2D eigenvalue weighted by Crippen LogP contribution is 2.20. The lowest BCUT2D eigenvalue weighted by atomic mass is 9.97. The van der Waals surface area contributed by atoms with Crippen molar-refractivity contribution in [1.29, 1.82) is 0 Å². The van der Waals surface area contributed by atoms with Gasteiger partial charge in [0.2, 0.25) is 5.91 Å². The highest BCUT2D eigenvalue weighted by Gasteiger charge is 2.25. The zero-order chi connectivity index (χ0) is 20.2. The quantitative estimate of drug-likeness (QED) is 0.721. The fourth-order valence-corrected chi connectivity index (χ4v) is 3.88. The number of nitrogens with zero attached hydrogens (tertiary/aromatic N) is 3. The Bertz CT molecular complexity index is 1020. The van der Waals surface area contributed by atoms with Crippen LogP contribution in [0.2, 0.25) is 0 Å². The Morgan fingerprint density at radius 2 is 2.00 bits per heavy atom. The number of likely N-dealkylation sites (tertiary alicyclic amines) is 1.